The van der Waals surface area contributed by atoms with Gasteiger partial charge >= 0.3 is 0 Å². The molecule has 2 N–H and O–H groups in total. The van der Waals surface area contributed by atoms with Crippen LogP contribution in [0.15, 0.2) is 29.2 Å². The van der Waals surface area contributed by atoms with E-state index in [2.05, 4.69) is 37.3 Å². The van der Waals surface area contributed by atoms with Crippen LogP contribution in [0.4, 0.5) is 0 Å². The van der Waals surface area contributed by atoms with Crippen molar-refractivity contribution < 1.29 is 13.5 Å². The second-order valence-electron chi connectivity index (χ2n) is 6.08. The molecule has 1 rings (SSSR count). The molecule has 0 aliphatic carbocycles. The van der Waals surface area contributed by atoms with Crippen molar-refractivity contribution in [2.45, 2.75) is 32.6 Å². The Morgan fingerprint density at radius 1 is 1.29 bits per heavy atom. The van der Waals surface area contributed by atoms with E-state index in [0.29, 0.717) is 12.1 Å². The fourth-order valence-electron chi connectivity index (χ4n) is 1.56. The van der Waals surface area contributed by atoms with E-state index in [0.717, 1.165) is 0 Å². The summed E-state index contributed by atoms with van der Waals surface area (Å²) in [5.74, 6) is 5.34. The summed E-state index contributed by atoms with van der Waals surface area (Å²) in [7, 11) is -3.61. The number of hydrogen-bond donors (Lipinski definition) is 2. The van der Waals surface area contributed by atoms with Gasteiger partial charge in [-0.15, -0.1) is 0 Å². The minimum absolute atomic E-state index is 0.0265. The molecule has 1 unspecified atom stereocenters. The van der Waals surface area contributed by atoms with Gasteiger partial charge in [0.2, 0.25) is 10.0 Å². The molecular formula is C16H23NO3S. The molecule has 0 spiro atoms. The van der Waals surface area contributed by atoms with Crippen molar-refractivity contribution in [1.82, 2.24) is 4.72 Å². The lowest BCUT2D eigenvalue weighted by atomic mass is 9.82. The Labute approximate surface area is 127 Å². The first-order valence-corrected chi connectivity index (χ1v) is 8.35. The van der Waals surface area contributed by atoms with Crippen LogP contribution in [0.3, 0.4) is 0 Å². The van der Waals surface area contributed by atoms with E-state index in [1.54, 1.807) is 18.2 Å². The molecule has 1 aromatic rings. The zero-order valence-electron chi connectivity index (χ0n) is 13.0. The Hall–Kier alpha value is -1.35. The van der Waals surface area contributed by atoms with Crippen molar-refractivity contribution in [1.29, 1.82) is 0 Å². The van der Waals surface area contributed by atoms with E-state index in [4.69, 9.17) is 5.11 Å². The summed E-state index contributed by atoms with van der Waals surface area (Å²) in [6.45, 7) is 8.31. The molecular weight excluding hydrogens is 286 g/mol. The zero-order valence-corrected chi connectivity index (χ0v) is 13.8. The van der Waals surface area contributed by atoms with Crippen molar-refractivity contribution in [2.24, 2.45) is 11.3 Å². The van der Waals surface area contributed by atoms with Gasteiger partial charge in [0.05, 0.1) is 4.90 Å². The average Bonchev–Trinajstić information content (AvgIpc) is 2.41. The molecule has 116 valence electrons. The molecule has 0 fully saturated rings. The van der Waals surface area contributed by atoms with Gasteiger partial charge in [-0.25, -0.2) is 13.1 Å². The first-order chi connectivity index (χ1) is 9.68. The minimum Gasteiger partial charge on any atom is -0.384 e. The third kappa shape index (κ3) is 5.16. The van der Waals surface area contributed by atoms with Gasteiger partial charge in [0.1, 0.15) is 6.61 Å². The summed E-state index contributed by atoms with van der Waals surface area (Å²) in [5.41, 5.74) is 0.418. The lowest BCUT2D eigenvalue weighted by molar-refractivity contribution is 0.263. The van der Waals surface area contributed by atoms with Crippen LogP contribution >= 0.6 is 0 Å². The van der Waals surface area contributed by atoms with Crippen molar-refractivity contribution in [2.75, 3.05) is 13.2 Å². The fraction of sp³-hybridized carbons (Fsp3) is 0.500. The minimum atomic E-state index is -3.61. The van der Waals surface area contributed by atoms with Crippen LogP contribution < -0.4 is 4.72 Å². The van der Waals surface area contributed by atoms with Crippen molar-refractivity contribution >= 4 is 10.0 Å². The standard InChI is InChI=1S/C16H23NO3S/c1-13(16(2,3)4)12-17-21(19,20)15-10-6-5-8-14(15)9-7-11-18/h5-6,8,10,13,17-18H,11-12H2,1-4H3. The Kier molecular flexibility index (Phi) is 5.97. The van der Waals surface area contributed by atoms with Gasteiger partial charge in [-0.05, 0) is 23.5 Å². The Balaban J connectivity index is 2.99. The highest BCUT2D eigenvalue weighted by atomic mass is 32.2. The lowest BCUT2D eigenvalue weighted by Crippen LogP contribution is -2.34. The van der Waals surface area contributed by atoms with Crippen LogP contribution in [0.2, 0.25) is 0 Å². The van der Waals surface area contributed by atoms with Gasteiger partial charge in [-0.2, -0.15) is 0 Å². The predicted molar refractivity (Wildman–Crippen MR) is 84.2 cm³/mol. The normalized spacial score (nSPS) is 13.4. The Morgan fingerprint density at radius 3 is 2.48 bits per heavy atom. The van der Waals surface area contributed by atoms with Crippen LogP contribution in [0, 0.1) is 23.2 Å². The van der Waals surface area contributed by atoms with E-state index in [1.807, 2.05) is 6.92 Å². The Morgan fingerprint density at radius 2 is 1.90 bits per heavy atom. The second kappa shape index (κ2) is 7.08. The van der Waals surface area contributed by atoms with Crippen molar-refractivity contribution in [3.63, 3.8) is 0 Å². The summed E-state index contributed by atoms with van der Waals surface area (Å²) in [6, 6.07) is 6.53. The third-order valence-corrected chi connectivity index (χ3v) is 5.02. The van der Waals surface area contributed by atoms with E-state index >= 15 is 0 Å². The first kappa shape index (κ1) is 17.7. The summed E-state index contributed by atoms with van der Waals surface area (Å²) in [5, 5.41) is 8.75. The number of nitrogens with one attached hydrogen (secondary N) is 1. The van der Waals surface area contributed by atoms with Crippen LogP contribution in [-0.2, 0) is 10.0 Å². The smallest absolute Gasteiger partial charge is 0.241 e. The van der Waals surface area contributed by atoms with E-state index in [9.17, 15) is 8.42 Å². The predicted octanol–water partition coefficient (Wildman–Crippen LogP) is 1.99. The van der Waals surface area contributed by atoms with Crippen LogP contribution in [-0.4, -0.2) is 26.7 Å². The maximum atomic E-state index is 12.4. The topological polar surface area (TPSA) is 66.4 Å². The van der Waals surface area contributed by atoms with Gasteiger partial charge < -0.3 is 5.11 Å². The molecule has 0 aliphatic heterocycles. The Bertz CT molecular complexity index is 633. The number of benzene rings is 1. The molecule has 0 saturated carbocycles. The third-order valence-electron chi connectivity index (χ3n) is 3.54. The summed E-state index contributed by atoms with van der Waals surface area (Å²) in [4.78, 5) is 0.145. The largest absolute Gasteiger partial charge is 0.384 e. The van der Waals surface area contributed by atoms with Crippen LogP contribution in [0.5, 0.6) is 0 Å². The molecule has 1 atom stereocenters. The summed E-state index contributed by atoms with van der Waals surface area (Å²) in [6.07, 6.45) is 0. The van der Waals surface area contributed by atoms with Crippen molar-refractivity contribution in [3.05, 3.63) is 29.8 Å². The quantitative estimate of drug-likeness (QED) is 0.836. The molecule has 0 aliphatic rings. The van der Waals surface area contributed by atoms with Gasteiger partial charge in [0.15, 0.2) is 0 Å². The first-order valence-electron chi connectivity index (χ1n) is 6.87. The molecule has 0 heterocycles. The van der Waals surface area contributed by atoms with Crippen LogP contribution in [0.25, 0.3) is 0 Å². The highest BCUT2D eigenvalue weighted by molar-refractivity contribution is 7.89. The van der Waals surface area contributed by atoms with Gasteiger partial charge in [0.25, 0.3) is 0 Å². The maximum absolute atomic E-state index is 12.4. The molecule has 0 radical (unpaired) electrons. The van der Waals surface area contributed by atoms with E-state index in [-0.39, 0.29) is 22.8 Å². The van der Waals surface area contributed by atoms with E-state index < -0.39 is 10.0 Å². The number of sulfonamides is 1. The monoisotopic (exact) mass is 309 g/mol. The maximum Gasteiger partial charge on any atom is 0.241 e. The van der Waals surface area contributed by atoms with Crippen LogP contribution in [0.1, 0.15) is 33.3 Å². The lowest BCUT2D eigenvalue weighted by Gasteiger charge is -2.27. The highest BCUT2D eigenvalue weighted by Gasteiger charge is 2.23. The number of hydrogen-bond acceptors (Lipinski definition) is 3. The van der Waals surface area contributed by atoms with Gasteiger partial charge in [-0.1, -0.05) is 51.7 Å². The molecule has 5 heteroatoms. The fourth-order valence-corrected chi connectivity index (χ4v) is 2.85. The molecule has 0 aromatic heterocycles. The number of aliphatic hydroxyl groups is 1. The van der Waals surface area contributed by atoms with Gasteiger partial charge in [0, 0.05) is 12.1 Å². The molecule has 0 saturated heterocycles. The number of aliphatic hydroxyl groups excluding tert-OH is 1. The average molecular weight is 309 g/mol. The highest BCUT2D eigenvalue weighted by Crippen LogP contribution is 2.25. The molecule has 4 nitrogen and oxygen atoms in total. The van der Waals surface area contributed by atoms with E-state index in [1.165, 1.54) is 6.07 Å². The molecule has 1 aromatic carbocycles. The molecule has 0 amide bonds. The summed E-state index contributed by atoms with van der Waals surface area (Å²) < 4.78 is 27.5. The second-order valence-corrected chi connectivity index (χ2v) is 7.81. The molecule has 21 heavy (non-hydrogen) atoms. The SMILES string of the molecule is CC(CNS(=O)(=O)c1ccccc1C#CCO)C(C)(C)C. The van der Waals surface area contributed by atoms with Crippen molar-refractivity contribution in [3.8, 4) is 11.8 Å². The molecule has 0 bridgehead atoms. The zero-order chi connectivity index (χ0) is 16.1. The van der Waals surface area contributed by atoms with Gasteiger partial charge in [-0.3, -0.25) is 0 Å². The summed E-state index contributed by atoms with van der Waals surface area (Å²) >= 11 is 0. The number of rotatable bonds is 4.